The number of hydrogen-bond donors (Lipinski definition) is 0. The van der Waals surface area contributed by atoms with Gasteiger partial charge in [-0.2, -0.15) is 4.98 Å². The third-order valence-electron chi connectivity index (χ3n) is 5.02. The van der Waals surface area contributed by atoms with E-state index in [2.05, 4.69) is 24.0 Å². The molecule has 1 saturated carbocycles. The Bertz CT molecular complexity index is 735. The number of aromatic nitrogens is 2. The van der Waals surface area contributed by atoms with Gasteiger partial charge in [-0.1, -0.05) is 43.6 Å². The standard InChI is InChI=1S/C18H21N3O2/c1-3-11(2)15(17-19-16(20-23-17)12-8-9-12)21-10-13-6-4-5-7-14(13)18(21)22/h4-7,11-12,15H,3,8-10H2,1-2H3/t11-,15+/m1/s1. The van der Waals surface area contributed by atoms with E-state index >= 15 is 0 Å². The van der Waals surface area contributed by atoms with Gasteiger partial charge in [-0.05, 0) is 30.4 Å². The van der Waals surface area contributed by atoms with Crippen LogP contribution in [-0.4, -0.2) is 20.9 Å². The molecule has 0 N–H and O–H groups in total. The number of amides is 1. The average molecular weight is 311 g/mol. The molecule has 0 unspecified atom stereocenters. The fourth-order valence-electron chi connectivity index (χ4n) is 3.28. The summed E-state index contributed by atoms with van der Waals surface area (Å²) >= 11 is 0. The summed E-state index contributed by atoms with van der Waals surface area (Å²) in [6, 6.07) is 7.65. The van der Waals surface area contributed by atoms with Gasteiger partial charge in [0.15, 0.2) is 5.82 Å². The molecule has 1 aromatic heterocycles. The molecule has 1 aliphatic carbocycles. The summed E-state index contributed by atoms with van der Waals surface area (Å²) in [6.45, 7) is 4.89. The number of carbonyl (C=O) groups is 1. The van der Waals surface area contributed by atoms with Gasteiger partial charge in [-0.25, -0.2) is 0 Å². The molecule has 1 aromatic carbocycles. The van der Waals surface area contributed by atoms with Crippen LogP contribution in [0.5, 0.6) is 0 Å². The van der Waals surface area contributed by atoms with Crippen molar-refractivity contribution in [3.63, 3.8) is 0 Å². The summed E-state index contributed by atoms with van der Waals surface area (Å²) in [4.78, 5) is 19.3. The number of hydrogen-bond acceptors (Lipinski definition) is 4. The zero-order chi connectivity index (χ0) is 16.0. The molecule has 0 radical (unpaired) electrons. The predicted molar refractivity (Wildman–Crippen MR) is 84.8 cm³/mol. The lowest BCUT2D eigenvalue weighted by Crippen LogP contribution is -2.33. The smallest absolute Gasteiger partial charge is 0.255 e. The van der Waals surface area contributed by atoms with E-state index in [9.17, 15) is 4.79 Å². The predicted octanol–water partition coefficient (Wildman–Crippen LogP) is 3.69. The molecule has 23 heavy (non-hydrogen) atoms. The fourth-order valence-corrected chi connectivity index (χ4v) is 3.28. The van der Waals surface area contributed by atoms with Gasteiger partial charge in [0.25, 0.3) is 5.91 Å². The zero-order valence-electron chi connectivity index (χ0n) is 13.5. The van der Waals surface area contributed by atoms with Gasteiger partial charge in [0.05, 0.1) is 0 Å². The molecule has 4 rings (SSSR count). The highest BCUT2D eigenvalue weighted by molar-refractivity contribution is 5.98. The van der Waals surface area contributed by atoms with E-state index < -0.39 is 0 Å². The van der Waals surface area contributed by atoms with Gasteiger partial charge in [-0.3, -0.25) is 4.79 Å². The Labute approximate surface area is 135 Å². The molecule has 1 fully saturated rings. The Balaban J connectivity index is 1.67. The van der Waals surface area contributed by atoms with Crippen molar-refractivity contribution >= 4 is 5.91 Å². The Morgan fingerprint density at radius 3 is 2.83 bits per heavy atom. The summed E-state index contributed by atoms with van der Waals surface area (Å²) < 4.78 is 5.56. The molecule has 0 saturated heterocycles. The average Bonchev–Trinajstić information content (AvgIpc) is 3.23. The maximum absolute atomic E-state index is 12.8. The minimum absolute atomic E-state index is 0.0667. The van der Waals surface area contributed by atoms with Gasteiger partial charge >= 0.3 is 0 Å². The van der Waals surface area contributed by atoms with Gasteiger partial charge < -0.3 is 9.42 Å². The SMILES string of the molecule is CC[C@@H](C)[C@@H](c1nc(C2CC2)no1)N1Cc2ccccc2C1=O. The summed E-state index contributed by atoms with van der Waals surface area (Å²) in [5.41, 5.74) is 1.87. The topological polar surface area (TPSA) is 59.2 Å². The van der Waals surface area contributed by atoms with E-state index in [1.807, 2.05) is 29.2 Å². The van der Waals surface area contributed by atoms with Crippen molar-refractivity contribution in [2.75, 3.05) is 0 Å². The second kappa shape index (κ2) is 5.48. The highest BCUT2D eigenvalue weighted by Gasteiger charge is 2.39. The van der Waals surface area contributed by atoms with Crippen LogP contribution in [0.1, 0.15) is 72.7 Å². The molecule has 2 atom stereocenters. The van der Waals surface area contributed by atoms with Gasteiger partial charge in [0.2, 0.25) is 5.89 Å². The van der Waals surface area contributed by atoms with E-state index in [-0.39, 0.29) is 17.9 Å². The monoisotopic (exact) mass is 311 g/mol. The first-order valence-corrected chi connectivity index (χ1v) is 8.41. The first-order valence-electron chi connectivity index (χ1n) is 8.41. The van der Waals surface area contributed by atoms with E-state index in [0.29, 0.717) is 18.4 Å². The molecule has 2 aromatic rings. The van der Waals surface area contributed by atoms with E-state index in [4.69, 9.17) is 4.52 Å². The number of nitrogens with zero attached hydrogens (tertiary/aromatic N) is 3. The zero-order valence-corrected chi connectivity index (χ0v) is 13.5. The fraction of sp³-hybridized carbons (Fsp3) is 0.500. The van der Waals surface area contributed by atoms with E-state index in [1.165, 1.54) is 0 Å². The van der Waals surface area contributed by atoms with Crippen LogP contribution >= 0.6 is 0 Å². The second-order valence-corrected chi connectivity index (χ2v) is 6.69. The van der Waals surface area contributed by atoms with Gasteiger partial charge in [-0.15, -0.1) is 0 Å². The summed E-state index contributed by atoms with van der Waals surface area (Å²) in [5.74, 6) is 2.18. The quantitative estimate of drug-likeness (QED) is 0.845. The normalized spacial score (nSPS) is 19.7. The van der Waals surface area contributed by atoms with E-state index in [0.717, 1.165) is 36.2 Å². The lowest BCUT2D eigenvalue weighted by Gasteiger charge is -2.29. The minimum Gasteiger partial charge on any atom is -0.337 e. The molecule has 0 bridgehead atoms. The lowest BCUT2D eigenvalue weighted by atomic mass is 9.97. The molecule has 1 aliphatic heterocycles. The highest BCUT2D eigenvalue weighted by Crippen LogP contribution is 2.41. The lowest BCUT2D eigenvalue weighted by molar-refractivity contribution is 0.0578. The Morgan fingerprint density at radius 2 is 2.13 bits per heavy atom. The van der Waals surface area contributed by atoms with Crippen LogP contribution in [0.25, 0.3) is 0 Å². The van der Waals surface area contributed by atoms with Crippen LogP contribution in [0.2, 0.25) is 0 Å². The summed E-state index contributed by atoms with van der Waals surface area (Å²) in [7, 11) is 0. The molecule has 2 heterocycles. The van der Waals surface area contributed by atoms with Crippen LogP contribution in [0.3, 0.4) is 0 Å². The van der Waals surface area contributed by atoms with Crippen LogP contribution in [0, 0.1) is 5.92 Å². The van der Waals surface area contributed by atoms with Gasteiger partial charge in [0, 0.05) is 18.0 Å². The Hall–Kier alpha value is -2.17. The maximum Gasteiger partial charge on any atom is 0.255 e. The Morgan fingerprint density at radius 1 is 1.35 bits per heavy atom. The van der Waals surface area contributed by atoms with Crippen molar-refractivity contribution in [1.29, 1.82) is 0 Å². The van der Waals surface area contributed by atoms with Crippen molar-refractivity contribution in [3.8, 4) is 0 Å². The van der Waals surface area contributed by atoms with Crippen molar-refractivity contribution in [3.05, 3.63) is 47.1 Å². The molecule has 5 heteroatoms. The first kappa shape index (κ1) is 14.4. The molecular formula is C18H21N3O2. The first-order chi connectivity index (χ1) is 11.2. The molecular weight excluding hydrogens is 290 g/mol. The molecule has 0 spiro atoms. The number of rotatable bonds is 5. The largest absolute Gasteiger partial charge is 0.337 e. The maximum atomic E-state index is 12.8. The summed E-state index contributed by atoms with van der Waals surface area (Å²) in [6.07, 6.45) is 3.23. The number of benzene rings is 1. The molecule has 5 nitrogen and oxygen atoms in total. The van der Waals surface area contributed by atoms with Crippen molar-refractivity contribution in [2.45, 2.75) is 51.6 Å². The number of carbonyl (C=O) groups excluding carboxylic acids is 1. The molecule has 1 amide bonds. The highest BCUT2D eigenvalue weighted by atomic mass is 16.5. The molecule has 120 valence electrons. The number of fused-ring (bicyclic) bond motifs is 1. The van der Waals surface area contributed by atoms with Crippen LogP contribution < -0.4 is 0 Å². The third-order valence-corrected chi connectivity index (χ3v) is 5.02. The Kier molecular flexibility index (Phi) is 3.43. The van der Waals surface area contributed by atoms with Crippen LogP contribution in [-0.2, 0) is 6.54 Å². The van der Waals surface area contributed by atoms with Crippen molar-refractivity contribution in [2.24, 2.45) is 5.92 Å². The minimum atomic E-state index is -0.153. The van der Waals surface area contributed by atoms with Crippen LogP contribution in [0.15, 0.2) is 28.8 Å². The molecule has 2 aliphatic rings. The third kappa shape index (κ3) is 2.44. The van der Waals surface area contributed by atoms with Crippen molar-refractivity contribution in [1.82, 2.24) is 15.0 Å². The second-order valence-electron chi connectivity index (χ2n) is 6.69. The van der Waals surface area contributed by atoms with Crippen LogP contribution in [0.4, 0.5) is 0 Å². The van der Waals surface area contributed by atoms with Crippen molar-refractivity contribution < 1.29 is 9.32 Å². The van der Waals surface area contributed by atoms with Gasteiger partial charge in [0.1, 0.15) is 6.04 Å². The van der Waals surface area contributed by atoms with E-state index in [1.54, 1.807) is 0 Å². The summed E-state index contributed by atoms with van der Waals surface area (Å²) in [5, 5.41) is 4.14.